The molecule has 90 valence electrons. The van der Waals surface area contributed by atoms with Gasteiger partial charge < -0.3 is 15.5 Å². The summed E-state index contributed by atoms with van der Waals surface area (Å²) in [5.74, 6) is 1.37. The van der Waals surface area contributed by atoms with E-state index < -0.39 is 0 Å². The van der Waals surface area contributed by atoms with Crippen molar-refractivity contribution in [1.82, 2.24) is 10.2 Å². The minimum absolute atomic E-state index is 0.196. The lowest BCUT2D eigenvalue weighted by Crippen LogP contribution is -2.06. The van der Waals surface area contributed by atoms with Gasteiger partial charge in [-0.2, -0.15) is 0 Å². The number of anilines is 1. The van der Waals surface area contributed by atoms with Crippen LogP contribution in [0.15, 0.2) is 4.42 Å². The van der Waals surface area contributed by atoms with E-state index >= 15 is 0 Å². The number of hydrogen-bond acceptors (Lipinski definition) is 5. The zero-order valence-electron chi connectivity index (χ0n) is 9.78. The topological polar surface area (TPSA) is 77.0 Å². The van der Waals surface area contributed by atoms with Gasteiger partial charge in [-0.3, -0.25) is 0 Å². The van der Waals surface area contributed by atoms with Gasteiger partial charge in [0.1, 0.15) is 0 Å². The molecule has 2 rings (SSSR count). The second-order valence-electron chi connectivity index (χ2n) is 4.60. The largest absolute Gasteiger partial charge is 0.406 e. The maximum Gasteiger partial charge on any atom is 0.315 e. The Morgan fingerprint density at radius 2 is 2.19 bits per heavy atom. The van der Waals surface area contributed by atoms with Crippen LogP contribution in [0.1, 0.15) is 51.0 Å². The van der Waals surface area contributed by atoms with E-state index in [0.29, 0.717) is 11.9 Å². The Balaban J connectivity index is 1.72. The Morgan fingerprint density at radius 3 is 2.81 bits per heavy atom. The normalized spacial score (nSPS) is 18.9. The average molecular weight is 224 g/mol. The fourth-order valence-electron chi connectivity index (χ4n) is 2.17. The molecule has 0 aromatic carbocycles. The summed E-state index contributed by atoms with van der Waals surface area (Å²) in [7, 11) is 0. The van der Waals surface area contributed by atoms with Gasteiger partial charge in [0, 0.05) is 6.54 Å². The van der Waals surface area contributed by atoms with Crippen LogP contribution in [0.2, 0.25) is 0 Å². The zero-order chi connectivity index (χ0) is 11.4. The standard InChI is InChI=1S/C11H20N4O/c1-8(12)10-14-15-11(16-10)13-7-6-9-4-2-3-5-9/h8-9H,2-7,12H2,1H3,(H,13,15). The van der Waals surface area contributed by atoms with Crippen LogP contribution in [0.3, 0.4) is 0 Å². The van der Waals surface area contributed by atoms with Crippen molar-refractivity contribution in [2.24, 2.45) is 11.7 Å². The van der Waals surface area contributed by atoms with E-state index in [0.717, 1.165) is 12.5 Å². The highest BCUT2D eigenvalue weighted by molar-refractivity contribution is 5.16. The molecule has 5 heteroatoms. The highest BCUT2D eigenvalue weighted by atomic mass is 16.4. The minimum atomic E-state index is -0.196. The monoisotopic (exact) mass is 224 g/mol. The molecule has 0 saturated heterocycles. The van der Waals surface area contributed by atoms with E-state index in [1.54, 1.807) is 0 Å². The van der Waals surface area contributed by atoms with Gasteiger partial charge in [-0.05, 0) is 19.3 Å². The summed E-state index contributed by atoms with van der Waals surface area (Å²) in [5, 5.41) is 10.9. The maximum atomic E-state index is 5.63. The second-order valence-corrected chi connectivity index (χ2v) is 4.60. The molecule has 1 heterocycles. The van der Waals surface area contributed by atoms with Gasteiger partial charge in [0.05, 0.1) is 6.04 Å². The maximum absolute atomic E-state index is 5.63. The molecule has 0 radical (unpaired) electrons. The SMILES string of the molecule is CC(N)c1nnc(NCCC2CCCC2)o1. The lowest BCUT2D eigenvalue weighted by atomic mass is 10.0. The van der Waals surface area contributed by atoms with Gasteiger partial charge in [0.25, 0.3) is 0 Å². The zero-order valence-corrected chi connectivity index (χ0v) is 9.78. The number of nitrogens with one attached hydrogen (secondary N) is 1. The summed E-state index contributed by atoms with van der Waals surface area (Å²) < 4.78 is 5.35. The molecule has 1 aromatic heterocycles. The third-order valence-corrected chi connectivity index (χ3v) is 3.13. The minimum Gasteiger partial charge on any atom is -0.406 e. The van der Waals surface area contributed by atoms with E-state index in [-0.39, 0.29) is 6.04 Å². The molecule has 1 atom stereocenters. The first-order valence-corrected chi connectivity index (χ1v) is 6.08. The Kier molecular flexibility index (Phi) is 3.77. The van der Waals surface area contributed by atoms with Gasteiger partial charge in [-0.15, -0.1) is 5.10 Å². The van der Waals surface area contributed by atoms with Crippen LogP contribution < -0.4 is 11.1 Å². The molecule has 0 amide bonds. The predicted octanol–water partition coefficient (Wildman–Crippen LogP) is 2.08. The summed E-state index contributed by atoms with van der Waals surface area (Å²) in [6, 6.07) is 0.295. The van der Waals surface area contributed by atoms with Gasteiger partial charge >= 0.3 is 6.01 Å². The van der Waals surface area contributed by atoms with Crippen LogP contribution in [-0.4, -0.2) is 16.7 Å². The second kappa shape index (κ2) is 5.30. The third kappa shape index (κ3) is 2.95. The summed E-state index contributed by atoms with van der Waals surface area (Å²) >= 11 is 0. The smallest absolute Gasteiger partial charge is 0.315 e. The summed E-state index contributed by atoms with van der Waals surface area (Å²) in [5.41, 5.74) is 5.63. The first-order chi connectivity index (χ1) is 7.75. The number of nitrogens with two attached hydrogens (primary N) is 1. The number of hydrogen-bond donors (Lipinski definition) is 2. The third-order valence-electron chi connectivity index (χ3n) is 3.13. The van der Waals surface area contributed by atoms with Crippen LogP contribution in [0, 0.1) is 5.92 Å². The van der Waals surface area contributed by atoms with Crippen LogP contribution >= 0.6 is 0 Å². The lowest BCUT2D eigenvalue weighted by Gasteiger charge is -2.07. The van der Waals surface area contributed by atoms with E-state index in [1.165, 1.54) is 32.1 Å². The Hall–Kier alpha value is -1.10. The highest BCUT2D eigenvalue weighted by Gasteiger charge is 2.15. The molecule has 1 fully saturated rings. The molecule has 0 aliphatic heterocycles. The van der Waals surface area contributed by atoms with Gasteiger partial charge in [0.15, 0.2) is 0 Å². The van der Waals surface area contributed by atoms with Crippen molar-refractivity contribution in [3.8, 4) is 0 Å². The summed E-state index contributed by atoms with van der Waals surface area (Å²) in [6.07, 6.45) is 6.71. The predicted molar refractivity (Wildman–Crippen MR) is 62.0 cm³/mol. The Morgan fingerprint density at radius 1 is 1.44 bits per heavy atom. The van der Waals surface area contributed by atoms with Crippen LogP contribution in [0.25, 0.3) is 0 Å². The molecular formula is C11H20N4O. The molecule has 0 spiro atoms. The molecule has 1 unspecified atom stereocenters. The highest BCUT2D eigenvalue weighted by Crippen LogP contribution is 2.27. The number of rotatable bonds is 5. The van der Waals surface area contributed by atoms with E-state index in [4.69, 9.17) is 10.2 Å². The van der Waals surface area contributed by atoms with Crippen molar-refractivity contribution in [2.75, 3.05) is 11.9 Å². The Bertz CT molecular complexity index is 318. The van der Waals surface area contributed by atoms with Crippen molar-refractivity contribution in [1.29, 1.82) is 0 Å². The van der Waals surface area contributed by atoms with Crippen molar-refractivity contribution in [3.05, 3.63) is 5.89 Å². The molecule has 1 aliphatic rings. The quantitative estimate of drug-likeness (QED) is 0.800. The van der Waals surface area contributed by atoms with Gasteiger partial charge in [-0.1, -0.05) is 30.8 Å². The van der Waals surface area contributed by atoms with Crippen LogP contribution in [0.5, 0.6) is 0 Å². The van der Waals surface area contributed by atoms with Gasteiger partial charge in [0.2, 0.25) is 5.89 Å². The van der Waals surface area contributed by atoms with Crippen molar-refractivity contribution in [2.45, 2.75) is 45.1 Å². The van der Waals surface area contributed by atoms with Crippen molar-refractivity contribution < 1.29 is 4.42 Å². The number of aromatic nitrogens is 2. The molecule has 16 heavy (non-hydrogen) atoms. The van der Waals surface area contributed by atoms with Gasteiger partial charge in [-0.25, -0.2) is 0 Å². The molecule has 1 saturated carbocycles. The fraction of sp³-hybridized carbons (Fsp3) is 0.818. The van der Waals surface area contributed by atoms with E-state index in [1.807, 2.05) is 6.92 Å². The van der Waals surface area contributed by atoms with E-state index in [2.05, 4.69) is 15.5 Å². The fourth-order valence-corrected chi connectivity index (χ4v) is 2.17. The van der Waals surface area contributed by atoms with Crippen LogP contribution in [0.4, 0.5) is 6.01 Å². The molecule has 3 N–H and O–H groups in total. The molecular weight excluding hydrogens is 204 g/mol. The van der Waals surface area contributed by atoms with Crippen molar-refractivity contribution >= 4 is 6.01 Å². The molecule has 5 nitrogen and oxygen atoms in total. The van der Waals surface area contributed by atoms with Crippen molar-refractivity contribution in [3.63, 3.8) is 0 Å². The first kappa shape index (κ1) is 11.4. The number of nitrogens with zero attached hydrogens (tertiary/aromatic N) is 2. The molecule has 0 bridgehead atoms. The molecule has 1 aromatic rings. The van der Waals surface area contributed by atoms with Crippen LogP contribution in [-0.2, 0) is 0 Å². The summed E-state index contributed by atoms with van der Waals surface area (Å²) in [4.78, 5) is 0. The first-order valence-electron chi connectivity index (χ1n) is 6.08. The average Bonchev–Trinajstić information content (AvgIpc) is 2.87. The summed E-state index contributed by atoms with van der Waals surface area (Å²) in [6.45, 7) is 2.74. The Labute approximate surface area is 95.8 Å². The molecule has 1 aliphatic carbocycles. The van der Waals surface area contributed by atoms with E-state index in [9.17, 15) is 0 Å². The lowest BCUT2D eigenvalue weighted by molar-refractivity contribution is 0.467.